The summed E-state index contributed by atoms with van der Waals surface area (Å²) in [6.45, 7) is 0. The Hall–Kier alpha value is -1.34. The second kappa shape index (κ2) is 4.50. The molecule has 1 aromatic heterocycles. The lowest BCUT2D eigenvalue weighted by molar-refractivity contribution is 0.601. The molecule has 0 bridgehead atoms. The largest absolute Gasteiger partial charge is 0.276 e. The zero-order chi connectivity index (χ0) is 12.5. The second-order valence-electron chi connectivity index (χ2n) is 3.44. The first kappa shape index (κ1) is 12.1. The number of hydrogen-bond donors (Lipinski definition) is 1. The van der Waals surface area contributed by atoms with Crippen molar-refractivity contribution in [3.63, 3.8) is 0 Å². The molecule has 0 aliphatic heterocycles. The van der Waals surface area contributed by atoms with E-state index < -0.39 is 10.0 Å². The predicted molar refractivity (Wildman–Crippen MR) is 68.2 cm³/mol. The van der Waals surface area contributed by atoms with Crippen LogP contribution in [0.3, 0.4) is 0 Å². The minimum atomic E-state index is -3.58. The van der Waals surface area contributed by atoms with Gasteiger partial charge in [0.05, 0.1) is 11.9 Å². The fraction of sp³-hybridized carbons (Fsp3) is 0.100. The zero-order valence-corrected chi connectivity index (χ0v) is 11.4. The molecule has 0 radical (unpaired) electrons. The number of sulfonamides is 1. The molecule has 7 heteroatoms. The van der Waals surface area contributed by atoms with Crippen LogP contribution in [0.15, 0.2) is 46.0 Å². The first-order valence-electron chi connectivity index (χ1n) is 4.75. The third kappa shape index (κ3) is 2.67. The molecule has 5 nitrogen and oxygen atoms in total. The third-order valence-electron chi connectivity index (χ3n) is 2.08. The Labute approximate surface area is 108 Å². The van der Waals surface area contributed by atoms with E-state index in [-0.39, 0.29) is 4.90 Å². The van der Waals surface area contributed by atoms with Gasteiger partial charge in [-0.15, -0.1) is 0 Å². The molecular weight excluding hydrogens is 306 g/mol. The predicted octanol–water partition coefficient (Wildman–Crippen LogP) is 1.98. The number of rotatable bonds is 3. The zero-order valence-electron chi connectivity index (χ0n) is 8.96. The third-order valence-corrected chi connectivity index (χ3v) is 4.48. The monoisotopic (exact) mass is 315 g/mol. The van der Waals surface area contributed by atoms with Crippen molar-refractivity contribution in [1.82, 2.24) is 9.78 Å². The molecule has 1 heterocycles. The summed E-state index contributed by atoms with van der Waals surface area (Å²) < 4.78 is 28.6. The SMILES string of the molecule is Cn1cc(NS(=O)(=O)c2ccccc2Br)cn1. The highest BCUT2D eigenvalue weighted by atomic mass is 79.9. The van der Waals surface area contributed by atoms with Gasteiger partial charge in [0, 0.05) is 17.7 Å². The van der Waals surface area contributed by atoms with Gasteiger partial charge in [0.1, 0.15) is 4.90 Å². The van der Waals surface area contributed by atoms with Gasteiger partial charge in [0.15, 0.2) is 0 Å². The summed E-state index contributed by atoms with van der Waals surface area (Å²) in [5, 5.41) is 3.89. The second-order valence-corrected chi connectivity index (χ2v) is 5.94. The van der Waals surface area contributed by atoms with Crippen molar-refractivity contribution in [3.8, 4) is 0 Å². The summed E-state index contributed by atoms with van der Waals surface area (Å²) in [4.78, 5) is 0.198. The standard InChI is InChI=1S/C10H10BrN3O2S/c1-14-7-8(6-12-14)13-17(15,16)10-5-3-2-4-9(10)11/h2-7,13H,1H3. The Balaban J connectivity index is 2.35. The molecule has 0 spiro atoms. The Morgan fingerprint density at radius 1 is 1.35 bits per heavy atom. The Morgan fingerprint density at radius 3 is 2.65 bits per heavy atom. The molecule has 2 rings (SSSR count). The number of nitrogens with one attached hydrogen (secondary N) is 1. The Kier molecular flexibility index (Phi) is 3.21. The first-order chi connectivity index (χ1) is 7.99. The number of hydrogen-bond acceptors (Lipinski definition) is 3. The van der Waals surface area contributed by atoms with Crippen LogP contribution in [0.2, 0.25) is 0 Å². The summed E-state index contributed by atoms with van der Waals surface area (Å²) in [7, 11) is -1.86. The van der Waals surface area contributed by atoms with Crippen molar-refractivity contribution in [2.75, 3.05) is 4.72 Å². The van der Waals surface area contributed by atoms with Crippen LogP contribution in [0.1, 0.15) is 0 Å². The lowest BCUT2D eigenvalue weighted by Gasteiger charge is -2.07. The van der Waals surface area contributed by atoms with Crippen molar-refractivity contribution in [2.45, 2.75) is 4.90 Å². The lowest BCUT2D eigenvalue weighted by Crippen LogP contribution is -2.13. The van der Waals surface area contributed by atoms with Gasteiger partial charge in [-0.2, -0.15) is 5.10 Å². The number of anilines is 1. The van der Waals surface area contributed by atoms with Crippen LogP contribution < -0.4 is 4.72 Å². The Bertz CT molecular complexity index is 637. The van der Waals surface area contributed by atoms with Gasteiger partial charge in [-0.1, -0.05) is 12.1 Å². The Morgan fingerprint density at radius 2 is 2.06 bits per heavy atom. The summed E-state index contributed by atoms with van der Waals surface area (Å²) in [6, 6.07) is 6.64. The number of benzene rings is 1. The van der Waals surface area contributed by atoms with Crippen molar-refractivity contribution >= 4 is 31.6 Å². The van der Waals surface area contributed by atoms with E-state index in [1.165, 1.54) is 16.9 Å². The average molecular weight is 316 g/mol. The van der Waals surface area contributed by atoms with Crippen molar-refractivity contribution < 1.29 is 8.42 Å². The molecule has 0 aliphatic carbocycles. The van der Waals surface area contributed by atoms with Gasteiger partial charge in [-0.3, -0.25) is 9.40 Å². The molecule has 2 aromatic rings. The molecule has 1 aromatic carbocycles. The van der Waals surface area contributed by atoms with Gasteiger partial charge < -0.3 is 0 Å². The minimum Gasteiger partial charge on any atom is -0.276 e. The molecule has 0 atom stereocenters. The molecule has 0 aliphatic rings. The van der Waals surface area contributed by atoms with E-state index in [0.717, 1.165) is 0 Å². The highest BCUT2D eigenvalue weighted by Gasteiger charge is 2.17. The number of halogens is 1. The molecule has 90 valence electrons. The van der Waals surface area contributed by atoms with Crippen molar-refractivity contribution in [1.29, 1.82) is 0 Å². The summed E-state index contributed by atoms with van der Waals surface area (Å²) in [6.07, 6.45) is 3.04. The van der Waals surface area contributed by atoms with Crippen LogP contribution >= 0.6 is 15.9 Å². The molecule has 1 N–H and O–H groups in total. The van der Waals surface area contributed by atoms with Crippen molar-refractivity contribution in [2.24, 2.45) is 7.05 Å². The average Bonchev–Trinajstić information content (AvgIpc) is 2.63. The number of nitrogens with zero attached hydrogens (tertiary/aromatic N) is 2. The molecule has 0 saturated carbocycles. The van der Waals surface area contributed by atoms with Crippen LogP contribution in [0.5, 0.6) is 0 Å². The highest BCUT2D eigenvalue weighted by molar-refractivity contribution is 9.10. The molecule has 0 saturated heterocycles. The number of aryl methyl sites for hydroxylation is 1. The maximum absolute atomic E-state index is 12.1. The maximum Gasteiger partial charge on any atom is 0.263 e. The summed E-state index contributed by atoms with van der Waals surface area (Å²) in [5.41, 5.74) is 0.434. The molecule has 0 fully saturated rings. The van der Waals surface area contributed by atoms with Gasteiger partial charge in [-0.25, -0.2) is 8.42 Å². The van der Waals surface area contributed by atoms with Crippen molar-refractivity contribution in [3.05, 3.63) is 41.1 Å². The molecular formula is C10H10BrN3O2S. The summed E-state index contributed by atoms with van der Waals surface area (Å²) in [5.74, 6) is 0. The van der Waals surface area contributed by atoms with Gasteiger partial charge in [0.2, 0.25) is 0 Å². The van der Waals surface area contributed by atoms with E-state index in [0.29, 0.717) is 10.2 Å². The first-order valence-corrected chi connectivity index (χ1v) is 7.03. The molecule has 0 unspecified atom stereocenters. The van der Waals surface area contributed by atoms with E-state index in [1.807, 2.05) is 0 Å². The minimum absolute atomic E-state index is 0.198. The van der Waals surface area contributed by atoms with Crippen LogP contribution in [-0.4, -0.2) is 18.2 Å². The molecule has 0 amide bonds. The fourth-order valence-electron chi connectivity index (χ4n) is 1.35. The van der Waals surface area contributed by atoms with Gasteiger partial charge in [-0.05, 0) is 28.1 Å². The number of aromatic nitrogens is 2. The highest BCUT2D eigenvalue weighted by Crippen LogP contribution is 2.23. The van der Waals surface area contributed by atoms with Crippen LogP contribution in [0, 0.1) is 0 Å². The van der Waals surface area contributed by atoms with Crippen LogP contribution in [0.25, 0.3) is 0 Å². The molecule has 17 heavy (non-hydrogen) atoms. The topological polar surface area (TPSA) is 64.0 Å². The smallest absolute Gasteiger partial charge is 0.263 e. The van der Waals surface area contributed by atoms with E-state index >= 15 is 0 Å². The van der Waals surface area contributed by atoms with Gasteiger partial charge >= 0.3 is 0 Å². The van der Waals surface area contributed by atoms with E-state index in [2.05, 4.69) is 25.8 Å². The van der Waals surface area contributed by atoms with Crippen LogP contribution in [0.4, 0.5) is 5.69 Å². The lowest BCUT2D eigenvalue weighted by atomic mass is 10.4. The van der Waals surface area contributed by atoms with Gasteiger partial charge in [0.25, 0.3) is 10.0 Å². The fourth-order valence-corrected chi connectivity index (χ4v) is 3.38. The quantitative estimate of drug-likeness (QED) is 0.942. The maximum atomic E-state index is 12.1. The summed E-state index contributed by atoms with van der Waals surface area (Å²) >= 11 is 3.21. The van der Waals surface area contributed by atoms with E-state index in [9.17, 15) is 8.42 Å². The van der Waals surface area contributed by atoms with Crippen LogP contribution in [-0.2, 0) is 17.1 Å². The van der Waals surface area contributed by atoms with E-state index in [4.69, 9.17) is 0 Å². The van der Waals surface area contributed by atoms with E-state index in [1.54, 1.807) is 31.4 Å². The normalized spacial score (nSPS) is 11.4.